The van der Waals surface area contributed by atoms with Crippen LogP contribution in [0.4, 0.5) is 11.4 Å². The van der Waals surface area contributed by atoms with Crippen LogP contribution in [0, 0.1) is 10.1 Å². The highest BCUT2D eigenvalue weighted by Gasteiger charge is 2.39. The Hall–Kier alpha value is -5.38. The van der Waals surface area contributed by atoms with E-state index in [4.69, 9.17) is 10.8 Å². The van der Waals surface area contributed by atoms with Crippen LogP contribution in [0.2, 0.25) is 0 Å². The van der Waals surface area contributed by atoms with Gasteiger partial charge in [-0.15, -0.1) is 0 Å². The number of nitrogens with zero attached hydrogens (tertiary/aromatic N) is 2. The zero-order chi connectivity index (χ0) is 35.9. The molecule has 264 valence electrons. The summed E-state index contributed by atoms with van der Waals surface area (Å²) in [5.74, 6) is -4.05. The van der Waals surface area contributed by atoms with Gasteiger partial charge in [-0.2, -0.15) is 0 Å². The number of nitrogens with one attached hydrogen (secondary N) is 4. The lowest BCUT2D eigenvalue weighted by Crippen LogP contribution is -2.57. The Morgan fingerprint density at radius 2 is 1.63 bits per heavy atom. The Balaban J connectivity index is 1.74. The zero-order valence-corrected chi connectivity index (χ0v) is 27.3. The number of benzene rings is 2. The molecule has 16 heteroatoms. The maximum absolute atomic E-state index is 13.9. The molecule has 0 bridgehead atoms. The number of likely N-dealkylation sites (tertiary alicyclic amines) is 1. The normalized spacial score (nSPS) is 15.7. The number of rotatable bonds is 18. The van der Waals surface area contributed by atoms with Crippen molar-refractivity contribution >= 4 is 46.9 Å². The molecule has 0 spiro atoms. The Labute approximate surface area is 283 Å². The molecule has 1 saturated heterocycles. The van der Waals surface area contributed by atoms with Gasteiger partial charge in [-0.05, 0) is 63.3 Å². The minimum Gasteiger partial charge on any atom is -0.481 e. The van der Waals surface area contributed by atoms with E-state index in [-0.39, 0.29) is 31.5 Å². The monoisotopic (exact) mass is 681 g/mol. The van der Waals surface area contributed by atoms with Crippen molar-refractivity contribution in [2.24, 2.45) is 5.73 Å². The second-order valence-corrected chi connectivity index (χ2v) is 11.8. The smallest absolute Gasteiger partial charge is 0.303 e. The Bertz CT molecular complexity index is 1490. The van der Waals surface area contributed by atoms with Crippen LogP contribution in [-0.2, 0) is 35.2 Å². The molecule has 4 atom stereocenters. The van der Waals surface area contributed by atoms with Gasteiger partial charge in [-0.25, -0.2) is 0 Å². The molecule has 1 aliphatic heterocycles. The number of carboxylic acids is 1. The highest BCUT2D eigenvalue weighted by atomic mass is 16.6. The fourth-order valence-electron chi connectivity index (χ4n) is 5.37. The first-order valence-electron chi connectivity index (χ1n) is 16.1. The second-order valence-electron chi connectivity index (χ2n) is 11.8. The van der Waals surface area contributed by atoms with Gasteiger partial charge in [0.25, 0.3) is 5.69 Å². The van der Waals surface area contributed by atoms with E-state index < -0.39 is 71.0 Å². The number of non-ortho nitro benzene ring substituents is 1. The second kappa shape index (κ2) is 18.8. The molecule has 16 nitrogen and oxygen atoms in total. The molecule has 5 amide bonds. The van der Waals surface area contributed by atoms with Gasteiger partial charge in [0.1, 0.15) is 24.2 Å². The van der Waals surface area contributed by atoms with Crippen LogP contribution in [0.15, 0.2) is 54.6 Å². The first kappa shape index (κ1) is 38.1. The number of aliphatic carboxylic acids is 1. The summed E-state index contributed by atoms with van der Waals surface area (Å²) in [7, 11) is 0. The van der Waals surface area contributed by atoms with Crippen LogP contribution in [0.25, 0.3) is 0 Å². The van der Waals surface area contributed by atoms with Gasteiger partial charge in [-0.1, -0.05) is 30.3 Å². The molecule has 0 radical (unpaired) electrons. The SMILES string of the molecule is C[C@H](NC(=O)CCC(=O)O)C(=O)N[C@@H](CCCCN)C(=O)N1CCC[C@H]1C(=O)N[C@@H](Cc1ccccc1)C(=O)Nc1ccc([N+](=O)[O-])cc1. The van der Waals surface area contributed by atoms with Gasteiger partial charge in [0.2, 0.25) is 29.5 Å². The van der Waals surface area contributed by atoms with E-state index in [0.717, 1.165) is 5.56 Å². The van der Waals surface area contributed by atoms with Crippen molar-refractivity contribution < 1.29 is 38.8 Å². The van der Waals surface area contributed by atoms with Crippen LogP contribution < -0.4 is 27.0 Å². The molecule has 0 unspecified atom stereocenters. The number of nitro benzene ring substituents is 1. The standard InChI is InChI=1S/C33H43N7O9/c1-21(35-28(41)16-17-29(42)43)30(44)37-25(10-5-6-18-34)33(47)39-19-7-11-27(39)32(46)38-26(20-22-8-3-2-4-9-22)31(45)36-23-12-14-24(15-13-23)40(48)49/h2-4,8-9,12-15,21,25-27H,5-7,10-11,16-20,34H2,1H3,(H,35,41)(H,36,45)(H,37,44)(H,38,46)(H,42,43)/t21-,25-,26-,27-/m0/s1. The zero-order valence-electron chi connectivity index (χ0n) is 27.3. The Morgan fingerprint density at radius 3 is 2.27 bits per heavy atom. The van der Waals surface area contributed by atoms with Crippen molar-refractivity contribution in [3.63, 3.8) is 0 Å². The lowest BCUT2D eigenvalue weighted by atomic mass is 10.0. The fraction of sp³-hybridized carbons (Fsp3) is 0.455. The van der Waals surface area contributed by atoms with E-state index >= 15 is 0 Å². The van der Waals surface area contributed by atoms with Crippen LogP contribution in [0.3, 0.4) is 0 Å². The van der Waals surface area contributed by atoms with Gasteiger partial charge < -0.3 is 37.0 Å². The van der Waals surface area contributed by atoms with Crippen molar-refractivity contribution in [2.45, 2.75) is 82.5 Å². The van der Waals surface area contributed by atoms with Crippen LogP contribution in [-0.4, -0.2) is 87.7 Å². The molecule has 0 aromatic heterocycles. The summed E-state index contributed by atoms with van der Waals surface area (Å²) in [6, 6.07) is 10.2. The van der Waals surface area contributed by atoms with Gasteiger partial charge in [-0.3, -0.25) is 38.9 Å². The van der Waals surface area contributed by atoms with E-state index in [1.165, 1.54) is 36.1 Å². The molecular weight excluding hydrogens is 638 g/mol. The summed E-state index contributed by atoms with van der Waals surface area (Å²) in [5.41, 5.74) is 6.55. The summed E-state index contributed by atoms with van der Waals surface area (Å²) >= 11 is 0. The van der Waals surface area contributed by atoms with Crippen LogP contribution in [0.5, 0.6) is 0 Å². The number of unbranched alkanes of at least 4 members (excludes halogenated alkanes) is 1. The number of hydrogen-bond acceptors (Lipinski definition) is 9. The van der Waals surface area contributed by atoms with E-state index in [1.807, 2.05) is 6.07 Å². The third-order valence-corrected chi connectivity index (χ3v) is 8.00. The number of amides is 5. The van der Waals surface area contributed by atoms with Crippen molar-refractivity contribution in [1.82, 2.24) is 20.9 Å². The Morgan fingerprint density at radius 1 is 0.939 bits per heavy atom. The molecule has 2 aromatic carbocycles. The highest BCUT2D eigenvalue weighted by molar-refractivity contribution is 5.99. The molecule has 49 heavy (non-hydrogen) atoms. The Kier molecular flexibility index (Phi) is 14.6. The number of anilines is 1. The lowest BCUT2D eigenvalue weighted by Gasteiger charge is -2.30. The summed E-state index contributed by atoms with van der Waals surface area (Å²) in [6.07, 6.45) is 1.54. The van der Waals surface area contributed by atoms with Gasteiger partial charge in [0.05, 0.1) is 11.3 Å². The third-order valence-electron chi connectivity index (χ3n) is 8.00. The van der Waals surface area contributed by atoms with Gasteiger partial charge in [0.15, 0.2) is 0 Å². The van der Waals surface area contributed by atoms with Crippen LogP contribution >= 0.6 is 0 Å². The molecule has 0 aliphatic carbocycles. The average molecular weight is 682 g/mol. The number of nitrogens with two attached hydrogens (primary N) is 1. The predicted molar refractivity (Wildman–Crippen MR) is 178 cm³/mol. The van der Waals surface area contributed by atoms with E-state index in [2.05, 4.69) is 21.3 Å². The van der Waals surface area contributed by atoms with Crippen molar-refractivity contribution in [1.29, 1.82) is 0 Å². The average Bonchev–Trinajstić information content (AvgIpc) is 3.57. The first-order chi connectivity index (χ1) is 23.4. The van der Waals surface area contributed by atoms with Gasteiger partial charge in [0, 0.05) is 37.2 Å². The van der Waals surface area contributed by atoms with Crippen molar-refractivity contribution in [3.8, 4) is 0 Å². The number of carboxylic acid groups (broad SMARTS) is 1. The summed E-state index contributed by atoms with van der Waals surface area (Å²) in [4.78, 5) is 88.7. The molecule has 3 rings (SSSR count). The maximum atomic E-state index is 13.9. The van der Waals surface area contributed by atoms with E-state index in [1.54, 1.807) is 24.3 Å². The molecule has 1 aliphatic rings. The summed E-state index contributed by atoms with van der Waals surface area (Å²) < 4.78 is 0. The number of carbonyl (C=O) groups excluding carboxylic acids is 5. The number of nitro groups is 1. The molecule has 1 heterocycles. The fourth-order valence-corrected chi connectivity index (χ4v) is 5.37. The minimum atomic E-state index is -1.15. The predicted octanol–water partition coefficient (Wildman–Crippen LogP) is 1.24. The lowest BCUT2D eigenvalue weighted by molar-refractivity contribution is -0.384. The quantitative estimate of drug-likeness (QED) is 0.0747. The van der Waals surface area contributed by atoms with E-state index in [9.17, 15) is 38.9 Å². The molecular formula is C33H43N7O9. The number of carbonyl (C=O) groups is 6. The third kappa shape index (κ3) is 12.0. The van der Waals surface area contributed by atoms with Crippen molar-refractivity contribution in [2.75, 3.05) is 18.4 Å². The molecule has 0 saturated carbocycles. The number of hydrogen-bond donors (Lipinski definition) is 6. The van der Waals surface area contributed by atoms with E-state index in [0.29, 0.717) is 37.9 Å². The topological polar surface area (TPSA) is 243 Å². The molecule has 7 N–H and O–H groups in total. The first-order valence-corrected chi connectivity index (χ1v) is 16.1. The maximum Gasteiger partial charge on any atom is 0.303 e. The highest BCUT2D eigenvalue weighted by Crippen LogP contribution is 2.21. The summed E-state index contributed by atoms with van der Waals surface area (Å²) in [5, 5.41) is 30.4. The van der Waals surface area contributed by atoms with Gasteiger partial charge >= 0.3 is 5.97 Å². The largest absolute Gasteiger partial charge is 0.481 e. The molecule has 1 fully saturated rings. The minimum absolute atomic E-state index is 0.125. The van der Waals surface area contributed by atoms with Crippen LogP contribution in [0.1, 0.15) is 57.4 Å². The summed E-state index contributed by atoms with van der Waals surface area (Å²) in [6.45, 7) is 2.01. The molecule has 2 aromatic rings. The van der Waals surface area contributed by atoms with Crippen molar-refractivity contribution in [3.05, 3.63) is 70.3 Å².